The quantitative estimate of drug-likeness (QED) is 0.759. The van der Waals surface area contributed by atoms with Gasteiger partial charge in [-0.25, -0.2) is 0 Å². The number of halogens is 1. The summed E-state index contributed by atoms with van der Waals surface area (Å²) in [6, 6.07) is 10.5. The van der Waals surface area contributed by atoms with Gasteiger partial charge in [0.1, 0.15) is 0 Å². The van der Waals surface area contributed by atoms with E-state index in [0.29, 0.717) is 17.7 Å². The first-order valence-corrected chi connectivity index (χ1v) is 7.25. The Labute approximate surface area is 118 Å². The van der Waals surface area contributed by atoms with Crippen LogP contribution in [-0.4, -0.2) is 10.1 Å². The second-order valence-electron chi connectivity index (χ2n) is 5.11. The molecule has 3 rings (SSSR count). The number of nitrogens with zero attached hydrogens (tertiary/aromatic N) is 2. The first-order valence-electron chi connectivity index (χ1n) is 6.82. The van der Waals surface area contributed by atoms with Crippen molar-refractivity contribution in [2.24, 2.45) is 0 Å². The van der Waals surface area contributed by atoms with Crippen LogP contribution >= 0.6 is 11.6 Å². The van der Waals surface area contributed by atoms with Gasteiger partial charge in [-0.15, -0.1) is 11.6 Å². The summed E-state index contributed by atoms with van der Waals surface area (Å²) in [5, 5.41) is 3.88. The zero-order chi connectivity index (χ0) is 13.2. The van der Waals surface area contributed by atoms with Gasteiger partial charge in [-0.05, 0) is 24.3 Å². The number of hydrogen-bond donors (Lipinski definition) is 0. The van der Waals surface area contributed by atoms with Crippen LogP contribution in [0.15, 0.2) is 34.9 Å². The first kappa shape index (κ1) is 12.7. The molecule has 2 aromatic rings. The molecule has 3 unspecified atom stereocenters. The van der Waals surface area contributed by atoms with Crippen molar-refractivity contribution in [3.63, 3.8) is 0 Å². The minimum Gasteiger partial charge on any atom is -0.339 e. The van der Waals surface area contributed by atoms with Gasteiger partial charge in [-0.1, -0.05) is 48.8 Å². The van der Waals surface area contributed by atoms with Crippen LogP contribution in [0.1, 0.15) is 60.7 Å². The summed E-state index contributed by atoms with van der Waals surface area (Å²) in [4.78, 5) is 4.46. The van der Waals surface area contributed by atoms with Crippen molar-refractivity contribution in [1.29, 1.82) is 0 Å². The van der Waals surface area contributed by atoms with Crippen molar-refractivity contribution < 1.29 is 4.52 Å². The lowest BCUT2D eigenvalue weighted by Crippen LogP contribution is -1.93. The Balaban J connectivity index is 1.69. The molecule has 100 valence electrons. The number of alkyl halides is 1. The molecule has 1 aliphatic rings. The fourth-order valence-electron chi connectivity index (χ4n) is 2.44. The fourth-order valence-corrected chi connectivity index (χ4v) is 2.75. The molecule has 0 bridgehead atoms. The summed E-state index contributed by atoms with van der Waals surface area (Å²) in [7, 11) is 0. The molecule has 3 nitrogen and oxygen atoms in total. The van der Waals surface area contributed by atoms with E-state index in [1.54, 1.807) is 0 Å². The van der Waals surface area contributed by atoms with Gasteiger partial charge >= 0.3 is 0 Å². The Kier molecular flexibility index (Phi) is 3.56. The first-order chi connectivity index (χ1) is 9.29. The summed E-state index contributed by atoms with van der Waals surface area (Å²) in [5.74, 6) is 2.27. The maximum Gasteiger partial charge on any atom is 0.230 e. The molecule has 3 atom stereocenters. The SMILES string of the molecule is CCCC(Cl)c1noc(C2CC2c2ccccc2)n1. The highest BCUT2D eigenvalue weighted by Gasteiger charge is 2.43. The molecule has 0 aliphatic heterocycles. The van der Waals surface area contributed by atoms with Gasteiger partial charge in [0.05, 0.1) is 5.38 Å². The Morgan fingerprint density at radius 3 is 2.84 bits per heavy atom. The van der Waals surface area contributed by atoms with Gasteiger partial charge in [0.2, 0.25) is 5.89 Å². The number of rotatable bonds is 5. The molecule has 1 saturated carbocycles. The minimum atomic E-state index is -0.128. The van der Waals surface area contributed by atoms with Gasteiger partial charge < -0.3 is 4.52 Å². The van der Waals surface area contributed by atoms with Gasteiger partial charge in [-0.2, -0.15) is 4.98 Å². The highest BCUT2D eigenvalue weighted by Crippen LogP contribution is 2.54. The second-order valence-corrected chi connectivity index (χ2v) is 5.63. The average Bonchev–Trinajstić information content (AvgIpc) is 3.09. The molecule has 1 fully saturated rings. The van der Waals surface area contributed by atoms with Crippen LogP contribution in [0.4, 0.5) is 0 Å². The van der Waals surface area contributed by atoms with E-state index in [9.17, 15) is 0 Å². The summed E-state index contributed by atoms with van der Waals surface area (Å²) in [6.07, 6.45) is 2.99. The topological polar surface area (TPSA) is 38.9 Å². The highest BCUT2D eigenvalue weighted by atomic mass is 35.5. The molecule has 1 heterocycles. The summed E-state index contributed by atoms with van der Waals surface area (Å²) < 4.78 is 5.36. The number of aromatic nitrogens is 2. The Bertz CT molecular complexity index is 540. The number of benzene rings is 1. The molecule has 0 amide bonds. The summed E-state index contributed by atoms with van der Waals surface area (Å²) in [5.41, 5.74) is 1.35. The third-order valence-electron chi connectivity index (χ3n) is 3.62. The van der Waals surface area contributed by atoms with Crippen molar-refractivity contribution in [2.75, 3.05) is 0 Å². The summed E-state index contributed by atoms with van der Waals surface area (Å²) >= 11 is 6.21. The molecular weight excluding hydrogens is 260 g/mol. The van der Waals surface area contributed by atoms with E-state index in [1.807, 2.05) is 6.07 Å². The van der Waals surface area contributed by atoms with Gasteiger partial charge in [-0.3, -0.25) is 0 Å². The molecule has 4 heteroatoms. The lowest BCUT2D eigenvalue weighted by atomic mass is 10.1. The zero-order valence-electron chi connectivity index (χ0n) is 10.9. The van der Waals surface area contributed by atoms with Crippen LogP contribution < -0.4 is 0 Å². The van der Waals surface area contributed by atoms with Crippen LogP contribution in [0.2, 0.25) is 0 Å². The Morgan fingerprint density at radius 2 is 2.11 bits per heavy atom. The third-order valence-corrected chi connectivity index (χ3v) is 4.03. The van der Waals surface area contributed by atoms with E-state index in [0.717, 1.165) is 25.2 Å². The van der Waals surface area contributed by atoms with Crippen LogP contribution in [0.3, 0.4) is 0 Å². The zero-order valence-corrected chi connectivity index (χ0v) is 11.7. The van der Waals surface area contributed by atoms with Crippen molar-refractivity contribution in [1.82, 2.24) is 10.1 Å². The largest absolute Gasteiger partial charge is 0.339 e. The Morgan fingerprint density at radius 1 is 1.32 bits per heavy atom. The molecule has 0 radical (unpaired) electrons. The molecule has 0 N–H and O–H groups in total. The maximum absolute atomic E-state index is 6.21. The van der Waals surface area contributed by atoms with Crippen molar-refractivity contribution in [3.8, 4) is 0 Å². The molecule has 1 aliphatic carbocycles. The standard InChI is InChI=1S/C15H17ClN2O/c1-2-6-13(16)14-17-15(19-18-14)12-9-11(12)10-7-4-3-5-8-10/h3-5,7-8,11-13H,2,6,9H2,1H3. The lowest BCUT2D eigenvalue weighted by Gasteiger charge is -1.99. The van der Waals surface area contributed by atoms with Crippen molar-refractivity contribution >= 4 is 11.6 Å². The van der Waals surface area contributed by atoms with Crippen LogP contribution in [0, 0.1) is 0 Å². The highest BCUT2D eigenvalue weighted by molar-refractivity contribution is 6.20. The predicted molar refractivity (Wildman–Crippen MR) is 74.3 cm³/mol. The van der Waals surface area contributed by atoms with Crippen LogP contribution in [0.25, 0.3) is 0 Å². The average molecular weight is 277 g/mol. The van der Waals surface area contributed by atoms with Gasteiger partial charge in [0.25, 0.3) is 0 Å². The molecule has 19 heavy (non-hydrogen) atoms. The monoisotopic (exact) mass is 276 g/mol. The van der Waals surface area contributed by atoms with Crippen LogP contribution in [-0.2, 0) is 0 Å². The van der Waals surface area contributed by atoms with Crippen molar-refractivity contribution in [2.45, 2.75) is 43.4 Å². The maximum atomic E-state index is 6.21. The Hall–Kier alpha value is -1.35. The van der Waals surface area contributed by atoms with Gasteiger partial charge in [0.15, 0.2) is 5.82 Å². The van der Waals surface area contributed by atoms with Gasteiger partial charge in [0, 0.05) is 5.92 Å². The molecule has 0 spiro atoms. The van der Waals surface area contributed by atoms with Crippen molar-refractivity contribution in [3.05, 3.63) is 47.6 Å². The van der Waals surface area contributed by atoms with E-state index in [2.05, 4.69) is 41.3 Å². The molecule has 0 saturated heterocycles. The van der Waals surface area contributed by atoms with E-state index in [-0.39, 0.29) is 5.38 Å². The molecule has 1 aromatic carbocycles. The predicted octanol–water partition coefficient (Wildman–Crippen LogP) is 4.42. The van der Waals surface area contributed by atoms with E-state index >= 15 is 0 Å². The normalized spacial score (nSPS) is 23.3. The number of hydrogen-bond acceptors (Lipinski definition) is 3. The van der Waals surface area contributed by atoms with E-state index in [4.69, 9.17) is 16.1 Å². The lowest BCUT2D eigenvalue weighted by molar-refractivity contribution is 0.371. The third kappa shape index (κ3) is 2.66. The minimum absolute atomic E-state index is 0.128. The molecular formula is C15H17ClN2O. The summed E-state index contributed by atoms with van der Waals surface area (Å²) in [6.45, 7) is 2.10. The van der Waals surface area contributed by atoms with Crippen LogP contribution in [0.5, 0.6) is 0 Å². The molecule has 1 aromatic heterocycles. The second kappa shape index (κ2) is 5.33. The fraction of sp³-hybridized carbons (Fsp3) is 0.467. The smallest absolute Gasteiger partial charge is 0.230 e. The van der Waals surface area contributed by atoms with E-state index in [1.165, 1.54) is 5.56 Å². The van der Waals surface area contributed by atoms with E-state index < -0.39 is 0 Å².